The van der Waals surface area contributed by atoms with Gasteiger partial charge in [-0.05, 0) is 30.7 Å². The van der Waals surface area contributed by atoms with E-state index < -0.39 is 9.84 Å². The molecule has 0 aromatic heterocycles. The minimum Gasteiger partial charge on any atom is -0.336 e. The SMILES string of the molecule is CCCS(=O)(=O)c1ccc(C(=O)N2CCNCC2)cc1. The van der Waals surface area contributed by atoms with Crippen molar-refractivity contribution in [1.29, 1.82) is 0 Å². The van der Waals surface area contributed by atoms with Crippen molar-refractivity contribution in [1.82, 2.24) is 10.2 Å². The van der Waals surface area contributed by atoms with E-state index in [4.69, 9.17) is 0 Å². The highest BCUT2D eigenvalue weighted by Crippen LogP contribution is 2.14. The molecule has 1 saturated heterocycles. The molecule has 1 fully saturated rings. The third kappa shape index (κ3) is 3.37. The number of amides is 1. The van der Waals surface area contributed by atoms with E-state index in [0.29, 0.717) is 25.1 Å². The van der Waals surface area contributed by atoms with Crippen LogP contribution in [0.3, 0.4) is 0 Å². The lowest BCUT2D eigenvalue weighted by atomic mass is 10.2. The summed E-state index contributed by atoms with van der Waals surface area (Å²) >= 11 is 0. The number of rotatable bonds is 4. The molecule has 20 heavy (non-hydrogen) atoms. The maximum atomic E-state index is 12.2. The minimum atomic E-state index is -3.21. The third-order valence-electron chi connectivity index (χ3n) is 3.34. The molecule has 1 aromatic rings. The third-order valence-corrected chi connectivity index (χ3v) is 5.27. The number of piperazine rings is 1. The van der Waals surface area contributed by atoms with Gasteiger partial charge in [-0.3, -0.25) is 4.79 Å². The van der Waals surface area contributed by atoms with Crippen LogP contribution in [0.1, 0.15) is 23.7 Å². The molecule has 1 heterocycles. The molecule has 110 valence electrons. The Bertz CT molecular complexity index is 561. The van der Waals surface area contributed by atoms with Crippen molar-refractivity contribution in [3.05, 3.63) is 29.8 Å². The van der Waals surface area contributed by atoms with E-state index in [1.807, 2.05) is 6.92 Å². The monoisotopic (exact) mass is 296 g/mol. The van der Waals surface area contributed by atoms with Crippen LogP contribution < -0.4 is 5.32 Å². The molecule has 1 amide bonds. The van der Waals surface area contributed by atoms with Gasteiger partial charge in [-0.25, -0.2) is 8.42 Å². The van der Waals surface area contributed by atoms with Gasteiger partial charge in [-0.15, -0.1) is 0 Å². The van der Waals surface area contributed by atoms with Gasteiger partial charge in [-0.1, -0.05) is 6.92 Å². The fourth-order valence-corrected chi connectivity index (χ4v) is 3.57. The van der Waals surface area contributed by atoms with Gasteiger partial charge >= 0.3 is 0 Å². The van der Waals surface area contributed by atoms with Crippen molar-refractivity contribution in [3.8, 4) is 0 Å². The first-order chi connectivity index (χ1) is 9.54. The van der Waals surface area contributed by atoms with E-state index in [1.54, 1.807) is 17.0 Å². The molecular weight excluding hydrogens is 276 g/mol. The fraction of sp³-hybridized carbons (Fsp3) is 0.500. The van der Waals surface area contributed by atoms with Crippen LogP contribution in [-0.2, 0) is 9.84 Å². The van der Waals surface area contributed by atoms with Crippen LogP contribution in [0.4, 0.5) is 0 Å². The van der Waals surface area contributed by atoms with E-state index in [1.165, 1.54) is 12.1 Å². The Morgan fingerprint density at radius 2 is 1.80 bits per heavy atom. The summed E-state index contributed by atoms with van der Waals surface area (Å²) in [5.41, 5.74) is 0.544. The first kappa shape index (κ1) is 15.0. The van der Waals surface area contributed by atoms with Gasteiger partial charge in [0.2, 0.25) is 0 Å². The van der Waals surface area contributed by atoms with E-state index in [2.05, 4.69) is 5.32 Å². The number of sulfone groups is 1. The van der Waals surface area contributed by atoms with Gasteiger partial charge in [0.25, 0.3) is 5.91 Å². The molecule has 2 rings (SSSR count). The van der Waals surface area contributed by atoms with Gasteiger partial charge in [0.1, 0.15) is 0 Å². The fourth-order valence-electron chi connectivity index (χ4n) is 2.24. The highest BCUT2D eigenvalue weighted by Gasteiger charge is 2.19. The molecule has 0 atom stereocenters. The maximum Gasteiger partial charge on any atom is 0.253 e. The molecule has 1 aromatic carbocycles. The van der Waals surface area contributed by atoms with Crippen LogP contribution in [-0.4, -0.2) is 51.2 Å². The molecule has 6 heteroatoms. The number of nitrogens with one attached hydrogen (secondary N) is 1. The molecule has 0 unspecified atom stereocenters. The molecular formula is C14H20N2O3S. The van der Waals surface area contributed by atoms with Crippen molar-refractivity contribution in [2.24, 2.45) is 0 Å². The normalized spacial score (nSPS) is 16.1. The molecule has 0 aliphatic carbocycles. The standard InChI is InChI=1S/C14H20N2O3S/c1-2-11-20(18,19)13-5-3-12(4-6-13)14(17)16-9-7-15-8-10-16/h3-6,15H,2,7-11H2,1H3. The predicted octanol–water partition coefficient (Wildman–Crippen LogP) is 0.916. The van der Waals surface area contributed by atoms with Crippen molar-refractivity contribution in [2.75, 3.05) is 31.9 Å². The van der Waals surface area contributed by atoms with Crippen LogP contribution >= 0.6 is 0 Å². The van der Waals surface area contributed by atoms with Crippen LogP contribution in [0, 0.1) is 0 Å². The molecule has 1 aliphatic rings. The number of carbonyl (C=O) groups excluding carboxylic acids is 1. The molecule has 0 spiro atoms. The van der Waals surface area contributed by atoms with E-state index in [0.717, 1.165) is 13.1 Å². The van der Waals surface area contributed by atoms with Crippen LogP contribution in [0.25, 0.3) is 0 Å². The lowest BCUT2D eigenvalue weighted by molar-refractivity contribution is 0.0735. The first-order valence-corrected chi connectivity index (χ1v) is 8.52. The zero-order valence-electron chi connectivity index (χ0n) is 11.6. The summed E-state index contributed by atoms with van der Waals surface area (Å²) < 4.78 is 23.8. The van der Waals surface area contributed by atoms with E-state index in [9.17, 15) is 13.2 Å². The smallest absolute Gasteiger partial charge is 0.253 e. The first-order valence-electron chi connectivity index (χ1n) is 6.87. The van der Waals surface area contributed by atoms with Crippen molar-refractivity contribution in [3.63, 3.8) is 0 Å². The van der Waals surface area contributed by atoms with Gasteiger partial charge in [0.15, 0.2) is 9.84 Å². The minimum absolute atomic E-state index is 0.0362. The second kappa shape index (κ2) is 6.37. The van der Waals surface area contributed by atoms with Gasteiger partial charge in [-0.2, -0.15) is 0 Å². The van der Waals surface area contributed by atoms with Crippen LogP contribution in [0.15, 0.2) is 29.2 Å². The summed E-state index contributed by atoms with van der Waals surface area (Å²) in [5.74, 6) is 0.101. The molecule has 0 bridgehead atoms. The zero-order chi connectivity index (χ0) is 14.6. The highest BCUT2D eigenvalue weighted by atomic mass is 32.2. The maximum absolute atomic E-state index is 12.2. The van der Waals surface area contributed by atoms with Crippen molar-refractivity contribution in [2.45, 2.75) is 18.2 Å². The molecule has 5 nitrogen and oxygen atoms in total. The topological polar surface area (TPSA) is 66.5 Å². The quantitative estimate of drug-likeness (QED) is 0.897. The number of benzene rings is 1. The summed E-state index contributed by atoms with van der Waals surface area (Å²) in [6.45, 7) is 4.81. The molecule has 1 aliphatic heterocycles. The van der Waals surface area contributed by atoms with Crippen LogP contribution in [0.2, 0.25) is 0 Å². The Morgan fingerprint density at radius 1 is 1.20 bits per heavy atom. The summed E-state index contributed by atoms with van der Waals surface area (Å²) in [7, 11) is -3.21. The Balaban J connectivity index is 2.13. The second-order valence-corrected chi connectivity index (χ2v) is 6.99. The Morgan fingerprint density at radius 3 is 2.35 bits per heavy atom. The van der Waals surface area contributed by atoms with Gasteiger partial charge < -0.3 is 10.2 Å². The van der Waals surface area contributed by atoms with E-state index in [-0.39, 0.29) is 16.6 Å². The summed E-state index contributed by atoms with van der Waals surface area (Å²) in [6, 6.07) is 6.26. The number of hydrogen-bond donors (Lipinski definition) is 1. The lowest BCUT2D eigenvalue weighted by Gasteiger charge is -2.27. The average Bonchev–Trinajstić information content (AvgIpc) is 2.47. The van der Waals surface area contributed by atoms with Crippen molar-refractivity contribution >= 4 is 15.7 Å². The largest absolute Gasteiger partial charge is 0.336 e. The lowest BCUT2D eigenvalue weighted by Crippen LogP contribution is -2.46. The van der Waals surface area contributed by atoms with Crippen LogP contribution in [0.5, 0.6) is 0 Å². The van der Waals surface area contributed by atoms with Gasteiger partial charge in [0.05, 0.1) is 10.6 Å². The number of carbonyl (C=O) groups is 1. The number of hydrogen-bond acceptors (Lipinski definition) is 4. The van der Waals surface area contributed by atoms with E-state index >= 15 is 0 Å². The zero-order valence-corrected chi connectivity index (χ0v) is 12.4. The predicted molar refractivity (Wildman–Crippen MR) is 77.6 cm³/mol. The van der Waals surface area contributed by atoms with Gasteiger partial charge in [0, 0.05) is 31.7 Å². The highest BCUT2D eigenvalue weighted by molar-refractivity contribution is 7.91. The summed E-state index contributed by atoms with van der Waals surface area (Å²) in [5, 5.41) is 3.19. The molecule has 0 radical (unpaired) electrons. The summed E-state index contributed by atoms with van der Waals surface area (Å²) in [6.07, 6.45) is 0.587. The Hall–Kier alpha value is -1.40. The second-order valence-electron chi connectivity index (χ2n) is 4.89. The summed E-state index contributed by atoms with van der Waals surface area (Å²) in [4.78, 5) is 14.3. The molecule has 1 N–H and O–H groups in total. The number of nitrogens with zero attached hydrogens (tertiary/aromatic N) is 1. The average molecular weight is 296 g/mol. The Kier molecular flexibility index (Phi) is 4.77. The van der Waals surface area contributed by atoms with Crippen molar-refractivity contribution < 1.29 is 13.2 Å². The Labute approximate surface area is 119 Å². The molecule has 0 saturated carbocycles.